The van der Waals surface area contributed by atoms with Crippen molar-refractivity contribution in [2.45, 2.75) is 43.6 Å². The van der Waals surface area contributed by atoms with Crippen molar-refractivity contribution in [2.24, 2.45) is 0 Å². The zero-order valence-corrected chi connectivity index (χ0v) is 22.5. The summed E-state index contributed by atoms with van der Waals surface area (Å²) in [5.74, 6) is -0.532. The van der Waals surface area contributed by atoms with Crippen LogP contribution < -0.4 is 5.32 Å². The molecule has 2 heterocycles. The maximum Gasteiger partial charge on any atom is 0.417 e. The molecule has 2 unspecified atom stereocenters. The van der Waals surface area contributed by atoms with Crippen LogP contribution in [-0.2, 0) is 22.6 Å². The van der Waals surface area contributed by atoms with Gasteiger partial charge in [0.2, 0.25) is 0 Å². The molecule has 2 aromatic carbocycles. The number of nitrogens with zero attached hydrogens (tertiary/aromatic N) is 2. The molecule has 0 saturated heterocycles. The van der Waals surface area contributed by atoms with Gasteiger partial charge in [0.15, 0.2) is 9.84 Å². The average molecular weight is 576 g/mol. The number of hydrogen-bond donors (Lipinski definition) is 3. The van der Waals surface area contributed by atoms with Crippen LogP contribution in [0.2, 0.25) is 0 Å². The number of sulfone groups is 1. The topological polar surface area (TPSA) is 122 Å². The summed E-state index contributed by atoms with van der Waals surface area (Å²) in [5, 5.41) is 24.2. The van der Waals surface area contributed by atoms with E-state index >= 15 is 0 Å². The number of carbonyl (C=O) groups excluding carboxylic acids is 1. The zero-order valence-electron chi connectivity index (χ0n) is 21.7. The molecule has 12 heteroatoms. The molecule has 0 fully saturated rings. The first-order valence-corrected chi connectivity index (χ1v) is 14.1. The lowest BCUT2D eigenvalue weighted by atomic mass is 10.1. The van der Waals surface area contributed by atoms with Crippen LogP contribution in [0.4, 0.5) is 13.2 Å². The number of halogens is 3. The van der Waals surface area contributed by atoms with Crippen LogP contribution in [-0.4, -0.2) is 46.4 Å². The van der Waals surface area contributed by atoms with Crippen molar-refractivity contribution in [2.75, 3.05) is 12.4 Å². The van der Waals surface area contributed by atoms with Gasteiger partial charge < -0.3 is 20.1 Å². The summed E-state index contributed by atoms with van der Waals surface area (Å²) in [5.41, 5.74) is 1.03. The first kappa shape index (κ1) is 29.2. The molecule has 212 valence electrons. The number of rotatable bonds is 9. The van der Waals surface area contributed by atoms with E-state index in [0.717, 1.165) is 12.1 Å². The number of aliphatic hydroxyl groups is 2. The largest absolute Gasteiger partial charge is 0.417 e. The summed E-state index contributed by atoms with van der Waals surface area (Å²) < 4.78 is 64.6. The van der Waals surface area contributed by atoms with E-state index in [1.54, 1.807) is 35.8 Å². The first-order valence-electron chi connectivity index (χ1n) is 12.5. The number of fused-ring (bicyclic) bond motifs is 1. The van der Waals surface area contributed by atoms with Crippen LogP contribution in [0, 0.1) is 0 Å². The number of pyridine rings is 1. The van der Waals surface area contributed by atoms with E-state index in [1.165, 1.54) is 24.3 Å². The Bertz CT molecular complexity index is 1620. The van der Waals surface area contributed by atoms with Crippen molar-refractivity contribution in [3.05, 3.63) is 94.9 Å². The van der Waals surface area contributed by atoms with Crippen molar-refractivity contribution in [1.82, 2.24) is 14.9 Å². The van der Waals surface area contributed by atoms with E-state index in [9.17, 15) is 36.6 Å². The number of benzene rings is 2. The molecule has 0 spiro atoms. The maximum atomic E-state index is 13.1. The van der Waals surface area contributed by atoms with Gasteiger partial charge in [0.25, 0.3) is 5.91 Å². The summed E-state index contributed by atoms with van der Waals surface area (Å²) in [6.45, 7) is 3.41. The third kappa shape index (κ3) is 5.88. The SMILES string of the molecule is CCn1c(C(O)c2ccc(C(F)(F)F)cn2)cc2cc(C(=O)NC(CO)c3ccc(S(=O)(=O)CC)cc3)ccc21. The van der Waals surface area contributed by atoms with Gasteiger partial charge in [0, 0.05) is 29.2 Å². The van der Waals surface area contributed by atoms with Gasteiger partial charge in [0.05, 0.1) is 40.2 Å². The molecule has 0 bridgehead atoms. The summed E-state index contributed by atoms with van der Waals surface area (Å²) in [6.07, 6.45) is -5.17. The fourth-order valence-corrected chi connectivity index (χ4v) is 5.33. The molecule has 8 nitrogen and oxygen atoms in total. The Morgan fingerprint density at radius 3 is 2.30 bits per heavy atom. The molecular formula is C28H28F3N3O5S. The van der Waals surface area contributed by atoms with E-state index in [1.807, 2.05) is 6.92 Å². The predicted octanol–water partition coefficient (Wildman–Crippen LogP) is 4.41. The van der Waals surface area contributed by atoms with Crippen molar-refractivity contribution in [1.29, 1.82) is 0 Å². The summed E-state index contributed by atoms with van der Waals surface area (Å²) in [4.78, 5) is 17.0. The second-order valence-electron chi connectivity index (χ2n) is 9.14. The van der Waals surface area contributed by atoms with E-state index in [4.69, 9.17) is 0 Å². The van der Waals surface area contributed by atoms with E-state index < -0.39 is 46.2 Å². The third-order valence-electron chi connectivity index (χ3n) is 6.70. The average Bonchev–Trinajstić information content (AvgIpc) is 3.33. The second kappa shape index (κ2) is 11.4. The summed E-state index contributed by atoms with van der Waals surface area (Å²) in [7, 11) is -3.39. The summed E-state index contributed by atoms with van der Waals surface area (Å²) >= 11 is 0. The minimum atomic E-state index is -4.54. The molecule has 40 heavy (non-hydrogen) atoms. The van der Waals surface area contributed by atoms with Gasteiger partial charge in [-0.2, -0.15) is 13.2 Å². The lowest BCUT2D eigenvalue weighted by Crippen LogP contribution is -2.30. The molecule has 2 atom stereocenters. The molecule has 0 radical (unpaired) electrons. The van der Waals surface area contributed by atoms with Crippen molar-refractivity contribution < 1.29 is 36.6 Å². The number of hydrogen-bond acceptors (Lipinski definition) is 6. The number of nitrogens with one attached hydrogen (secondary N) is 1. The van der Waals surface area contributed by atoms with Crippen molar-refractivity contribution >= 4 is 26.6 Å². The normalized spacial score (nSPS) is 13.8. The number of carbonyl (C=O) groups is 1. The standard InChI is InChI=1S/C28H28F3N3O5S/c1-3-34-24-12-7-18(27(37)33-23(16-35)17-5-9-21(10-6-17)40(38,39)4-2)13-19(24)14-25(34)26(36)22-11-8-20(15-32-22)28(29,30)31/h5-15,23,26,35-36H,3-4,16H2,1-2H3,(H,33,37). The molecule has 2 aromatic heterocycles. The highest BCUT2D eigenvalue weighted by atomic mass is 32.2. The Labute approximate surface area is 229 Å². The number of aryl methyl sites for hydroxylation is 1. The smallest absolute Gasteiger partial charge is 0.394 e. The minimum Gasteiger partial charge on any atom is -0.394 e. The maximum absolute atomic E-state index is 13.1. The van der Waals surface area contributed by atoms with Gasteiger partial charge in [-0.1, -0.05) is 19.1 Å². The Kier molecular flexibility index (Phi) is 8.33. The van der Waals surface area contributed by atoms with Gasteiger partial charge in [0.1, 0.15) is 6.10 Å². The van der Waals surface area contributed by atoms with Crippen molar-refractivity contribution in [3.8, 4) is 0 Å². The Hall–Kier alpha value is -3.74. The number of amides is 1. The lowest BCUT2D eigenvalue weighted by Gasteiger charge is -2.17. The van der Waals surface area contributed by atoms with Gasteiger partial charge in [-0.3, -0.25) is 9.78 Å². The summed E-state index contributed by atoms with van der Waals surface area (Å²) in [6, 6.07) is 13.7. The van der Waals surface area contributed by atoms with Crippen LogP contribution in [0.3, 0.4) is 0 Å². The third-order valence-corrected chi connectivity index (χ3v) is 8.45. The second-order valence-corrected chi connectivity index (χ2v) is 11.4. The monoisotopic (exact) mass is 575 g/mol. The molecule has 3 N–H and O–H groups in total. The highest BCUT2D eigenvalue weighted by Gasteiger charge is 2.31. The molecule has 4 aromatic rings. The Morgan fingerprint density at radius 1 is 1.05 bits per heavy atom. The lowest BCUT2D eigenvalue weighted by molar-refractivity contribution is -0.137. The van der Waals surface area contributed by atoms with E-state index in [0.29, 0.717) is 34.9 Å². The van der Waals surface area contributed by atoms with E-state index in [2.05, 4.69) is 10.3 Å². The van der Waals surface area contributed by atoms with Crippen LogP contribution in [0.15, 0.2) is 71.8 Å². The number of aliphatic hydroxyl groups excluding tert-OH is 2. The highest BCUT2D eigenvalue weighted by Crippen LogP contribution is 2.32. The molecular weight excluding hydrogens is 547 g/mol. The van der Waals surface area contributed by atoms with Crippen LogP contribution in [0.5, 0.6) is 0 Å². The van der Waals surface area contributed by atoms with Gasteiger partial charge in [-0.15, -0.1) is 0 Å². The van der Waals surface area contributed by atoms with Crippen LogP contribution >= 0.6 is 0 Å². The predicted molar refractivity (Wildman–Crippen MR) is 142 cm³/mol. The van der Waals surface area contributed by atoms with Gasteiger partial charge >= 0.3 is 6.18 Å². The Morgan fingerprint density at radius 2 is 1.75 bits per heavy atom. The molecule has 1 amide bonds. The fraction of sp³-hybridized carbons (Fsp3) is 0.286. The molecule has 0 aliphatic carbocycles. The van der Waals surface area contributed by atoms with Crippen LogP contribution in [0.1, 0.15) is 58.9 Å². The van der Waals surface area contributed by atoms with Gasteiger partial charge in [-0.05, 0) is 61.0 Å². The Balaban J connectivity index is 1.58. The molecule has 4 rings (SSSR count). The fourth-order valence-electron chi connectivity index (χ4n) is 4.45. The molecule has 0 aliphatic heterocycles. The van der Waals surface area contributed by atoms with E-state index in [-0.39, 0.29) is 21.9 Å². The molecule has 0 aliphatic rings. The van der Waals surface area contributed by atoms with Gasteiger partial charge in [-0.25, -0.2) is 8.42 Å². The highest BCUT2D eigenvalue weighted by molar-refractivity contribution is 7.91. The number of aromatic nitrogens is 2. The molecule has 0 saturated carbocycles. The first-order chi connectivity index (χ1) is 18.9. The van der Waals surface area contributed by atoms with Crippen LogP contribution in [0.25, 0.3) is 10.9 Å². The number of alkyl halides is 3. The minimum absolute atomic E-state index is 0.0473. The zero-order chi connectivity index (χ0) is 29.2. The quantitative estimate of drug-likeness (QED) is 0.272. The van der Waals surface area contributed by atoms with Crippen molar-refractivity contribution in [3.63, 3.8) is 0 Å².